The first-order valence-corrected chi connectivity index (χ1v) is 17.0. The smallest absolute Gasteiger partial charge is 0.257 e. The molecular formula is C28H41N3O6S2. The average Bonchev–Trinajstić information content (AvgIpc) is 2.91. The van der Waals surface area contributed by atoms with Crippen LogP contribution in [0.2, 0.25) is 0 Å². The molecule has 2 aromatic rings. The molecule has 0 atom stereocenters. The number of unbranched alkanes of at least 4 members (excludes halogenated alkanes) is 4. The van der Waals surface area contributed by atoms with Crippen molar-refractivity contribution in [3.05, 3.63) is 53.6 Å². The van der Waals surface area contributed by atoms with Crippen molar-refractivity contribution in [2.24, 2.45) is 0 Å². The number of morpholine rings is 1. The molecule has 2 aromatic carbocycles. The van der Waals surface area contributed by atoms with Crippen molar-refractivity contribution in [3.8, 4) is 0 Å². The topological polar surface area (TPSA) is 113 Å². The highest BCUT2D eigenvalue weighted by Crippen LogP contribution is 2.26. The monoisotopic (exact) mass is 579 g/mol. The lowest BCUT2D eigenvalue weighted by Gasteiger charge is -2.26. The van der Waals surface area contributed by atoms with Gasteiger partial charge in [-0.15, -0.1) is 0 Å². The van der Waals surface area contributed by atoms with Crippen LogP contribution in [0.1, 0.15) is 54.9 Å². The maximum Gasteiger partial charge on any atom is 0.257 e. The second-order valence-electron chi connectivity index (χ2n) is 10.00. The van der Waals surface area contributed by atoms with Gasteiger partial charge in [0.05, 0.1) is 41.4 Å². The van der Waals surface area contributed by atoms with Crippen molar-refractivity contribution in [3.63, 3.8) is 0 Å². The average molecular weight is 580 g/mol. The lowest BCUT2D eigenvalue weighted by atomic mass is 10.0. The number of hydrogen-bond donors (Lipinski definition) is 1. The van der Waals surface area contributed by atoms with Crippen molar-refractivity contribution in [1.82, 2.24) is 4.90 Å². The number of amides is 1. The molecule has 1 amide bonds. The standard InChI is InChI=1S/C28H41N3O6S2/c1-4-5-6-7-8-21-39(35,36)25-12-10-24(11-13-25)29-28(32)26-22-23(15-16-31-17-19-37-20-18-31)9-14-27(26)30(2)38(3,33)34/h9-14,22H,4-8,15-21H2,1-3H3,(H,29,32). The number of hydrogen-bond acceptors (Lipinski definition) is 7. The molecule has 0 spiro atoms. The van der Waals surface area contributed by atoms with Crippen LogP contribution < -0.4 is 9.62 Å². The summed E-state index contributed by atoms with van der Waals surface area (Å²) in [4.78, 5) is 15.9. The van der Waals surface area contributed by atoms with Crippen LogP contribution in [0, 0.1) is 0 Å². The van der Waals surface area contributed by atoms with E-state index in [1.807, 2.05) is 6.07 Å². The van der Waals surface area contributed by atoms with Crippen LogP contribution in [0.15, 0.2) is 47.4 Å². The van der Waals surface area contributed by atoms with Crippen LogP contribution in [0.5, 0.6) is 0 Å². The third-order valence-electron chi connectivity index (χ3n) is 6.95. The Morgan fingerprint density at radius 1 is 0.974 bits per heavy atom. The van der Waals surface area contributed by atoms with Crippen LogP contribution in [0.25, 0.3) is 0 Å². The van der Waals surface area contributed by atoms with E-state index < -0.39 is 25.8 Å². The van der Waals surface area contributed by atoms with Crippen molar-refractivity contribution in [1.29, 1.82) is 0 Å². The van der Waals surface area contributed by atoms with Crippen LogP contribution in [0.4, 0.5) is 11.4 Å². The molecule has 9 nitrogen and oxygen atoms in total. The summed E-state index contributed by atoms with van der Waals surface area (Å²) in [5.41, 5.74) is 1.84. The van der Waals surface area contributed by atoms with E-state index >= 15 is 0 Å². The van der Waals surface area contributed by atoms with Crippen molar-refractivity contribution in [2.45, 2.75) is 50.3 Å². The van der Waals surface area contributed by atoms with Crippen LogP contribution in [-0.4, -0.2) is 79.5 Å². The zero-order valence-corrected chi connectivity index (χ0v) is 24.8. The Kier molecular flexibility index (Phi) is 11.3. The van der Waals surface area contributed by atoms with Gasteiger partial charge in [-0.25, -0.2) is 16.8 Å². The largest absolute Gasteiger partial charge is 0.379 e. The van der Waals surface area contributed by atoms with Crippen LogP contribution in [-0.2, 0) is 31.0 Å². The van der Waals surface area contributed by atoms with Crippen LogP contribution in [0.3, 0.4) is 0 Å². The van der Waals surface area contributed by atoms with E-state index in [1.54, 1.807) is 24.3 Å². The minimum Gasteiger partial charge on any atom is -0.379 e. The van der Waals surface area contributed by atoms with E-state index in [-0.39, 0.29) is 21.9 Å². The highest BCUT2D eigenvalue weighted by atomic mass is 32.2. The van der Waals surface area contributed by atoms with Gasteiger partial charge in [-0.2, -0.15) is 0 Å². The van der Waals surface area contributed by atoms with Gasteiger partial charge in [0.2, 0.25) is 10.0 Å². The highest BCUT2D eigenvalue weighted by molar-refractivity contribution is 7.92. The number of rotatable bonds is 14. The van der Waals surface area contributed by atoms with E-state index in [9.17, 15) is 21.6 Å². The molecule has 0 saturated carbocycles. The number of benzene rings is 2. The molecular weight excluding hydrogens is 538 g/mol. The molecule has 1 N–H and O–H groups in total. The Morgan fingerprint density at radius 2 is 1.64 bits per heavy atom. The number of sulfonamides is 1. The molecule has 0 aliphatic carbocycles. The van der Waals surface area contributed by atoms with Gasteiger partial charge in [-0.1, -0.05) is 38.7 Å². The molecule has 3 rings (SSSR count). The fraction of sp³-hybridized carbons (Fsp3) is 0.536. The molecule has 1 fully saturated rings. The van der Waals surface area contributed by atoms with Gasteiger partial charge in [0, 0.05) is 32.4 Å². The van der Waals surface area contributed by atoms with E-state index in [4.69, 9.17) is 4.74 Å². The highest BCUT2D eigenvalue weighted by Gasteiger charge is 2.22. The summed E-state index contributed by atoms with van der Waals surface area (Å²) in [6.45, 7) is 6.03. The minimum absolute atomic E-state index is 0.0981. The fourth-order valence-electron chi connectivity index (χ4n) is 4.44. The van der Waals surface area contributed by atoms with Gasteiger partial charge in [0.15, 0.2) is 9.84 Å². The molecule has 1 heterocycles. The second kappa shape index (κ2) is 14.2. The van der Waals surface area contributed by atoms with Crippen molar-refractivity contribution < 1.29 is 26.4 Å². The first kappa shape index (κ1) is 31.1. The summed E-state index contributed by atoms with van der Waals surface area (Å²) >= 11 is 0. The Bertz CT molecular complexity index is 1310. The lowest BCUT2D eigenvalue weighted by Crippen LogP contribution is -2.37. The first-order chi connectivity index (χ1) is 18.5. The molecule has 0 bridgehead atoms. The van der Waals surface area contributed by atoms with Crippen molar-refractivity contribution >= 4 is 37.1 Å². The Hall–Kier alpha value is -2.47. The number of ether oxygens (including phenoxy) is 1. The van der Waals surface area contributed by atoms with Gasteiger partial charge in [0.1, 0.15) is 0 Å². The molecule has 1 aliphatic rings. The molecule has 1 saturated heterocycles. The fourth-order valence-corrected chi connectivity index (χ4v) is 6.33. The van der Waals surface area contributed by atoms with Gasteiger partial charge in [0.25, 0.3) is 5.91 Å². The normalized spacial score (nSPS) is 14.7. The number of carbonyl (C=O) groups excluding carboxylic acids is 1. The van der Waals surface area contributed by atoms with Crippen molar-refractivity contribution in [2.75, 3.05) is 61.5 Å². The summed E-state index contributed by atoms with van der Waals surface area (Å²) in [5, 5.41) is 2.80. The van der Waals surface area contributed by atoms with Gasteiger partial charge >= 0.3 is 0 Å². The Balaban J connectivity index is 1.74. The second-order valence-corrected chi connectivity index (χ2v) is 14.1. The molecule has 0 aromatic heterocycles. The first-order valence-electron chi connectivity index (χ1n) is 13.5. The maximum atomic E-state index is 13.4. The third-order valence-corrected chi connectivity index (χ3v) is 9.96. The lowest BCUT2D eigenvalue weighted by molar-refractivity contribution is 0.0384. The van der Waals surface area contributed by atoms with Gasteiger partial charge in [-0.3, -0.25) is 14.0 Å². The molecule has 11 heteroatoms. The Labute approximate surface area is 233 Å². The van der Waals surface area contributed by atoms with E-state index in [2.05, 4.69) is 17.1 Å². The predicted octanol–water partition coefficient (Wildman–Crippen LogP) is 3.95. The zero-order chi connectivity index (χ0) is 28.5. The summed E-state index contributed by atoms with van der Waals surface area (Å²) in [5.74, 6) is -0.374. The molecule has 39 heavy (non-hydrogen) atoms. The minimum atomic E-state index is -3.60. The quantitative estimate of drug-likeness (QED) is 0.337. The molecule has 0 unspecified atom stereocenters. The number of nitrogens with one attached hydrogen (secondary N) is 1. The molecule has 0 radical (unpaired) electrons. The predicted molar refractivity (Wildman–Crippen MR) is 156 cm³/mol. The number of nitrogens with zero attached hydrogens (tertiary/aromatic N) is 2. The zero-order valence-electron chi connectivity index (χ0n) is 23.2. The molecule has 1 aliphatic heterocycles. The van der Waals surface area contributed by atoms with Gasteiger partial charge < -0.3 is 10.1 Å². The Morgan fingerprint density at radius 3 is 2.28 bits per heavy atom. The van der Waals surface area contributed by atoms with Gasteiger partial charge in [-0.05, 0) is 54.8 Å². The van der Waals surface area contributed by atoms with E-state index in [0.717, 1.165) is 61.4 Å². The number of sulfone groups is 1. The summed E-state index contributed by atoms with van der Waals surface area (Å²) in [6, 6.07) is 11.3. The summed E-state index contributed by atoms with van der Waals surface area (Å²) in [7, 11) is -5.58. The number of carbonyl (C=O) groups is 1. The van der Waals surface area contributed by atoms with E-state index in [1.165, 1.54) is 19.2 Å². The number of anilines is 2. The van der Waals surface area contributed by atoms with Crippen LogP contribution >= 0.6 is 0 Å². The van der Waals surface area contributed by atoms with E-state index in [0.29, 0.717) is 31.7 Å². The summed E-state index contributed by atoms with van der Waals surface area (Å²) in [6.07, 6.45) is 6.54. The summed E-state index contributed by atoms with van der Waals surface area (Å²) < 4.78 is 56.4. The molecule has 216 valence electrons. The maximum absolute atomic E-state index is 13.4. The third kappa shape index (κ3) is 9.30. The SMILES string of the molecule is CCCCCCCS(=O)(=O)c1ccc(NC(=O)c2cc(CCN3CCOCC3)ccc2N(C)S(C)(=O)=O)cc1.